The van der Waals surface area contributed by atoms with Crippen LogP contribution in [0.2, 0.25) is 0 Å². The van der Waals surface area contributed by atoms with Crippen LogP contribution in [0, 0.1) is 13.8 Å². The molecule has 1 aromatic heterocycles. The third-order valence-corrected chi connectivity index (χ3v) is 4.35. The molecular weight excluding hydrogens is 238 g/mol. The van der Waals surface area contributed by atoms with Crippen molar-refractivity contribution in [2.75, 3.05) is 39.3 Å². The Kier molecular flexibility index (Phi) is 4.42. The number of ketones is 1. The van der Waals surface area contributed by atoms with Crippen LogP contribution in [-0.4, -0.2) is 59.4 Å². The molecule has 0 spiro atoms. The van der Waals surface area contributed by atoms with E-state index in [9.17, 15) is 4.79 Å². The maximum atomic E-state index is 12.4. The van der Waals surface area contributed by atoms with Gasteiger partial charge in [-0.15, -0.1) is 0 Å². The molecule has 0 atom stereocenters. The Hall–Kier alpha value is -1.13. The maximum absolute atomic E-state index is 12.4. The van der Waals surface area contributed by atoms with Gasteiger partial charge in [0.2, 0.25) is 0 Å². The van der Waals surface area contributed by atoms with Gasteiger partial charge in [0.1, 0.15) is 0 Å². The standard InChI is InChI=1S/C15H25N3O/c1-5-17-6-8-18(9-7-17)11-15(19)14-10-12(2)16(4)13(14)3/h10H,5-9,11H2,1-4H3. The lowest BCUT2D eigenvalue weighted by Crippen LogP contribution is -2.47. The normalized spacial score (nSPS) is 17.9. The minimum atomic E-state index is 0.256. The first kappa shape index (κ1) is 14.3. The number of likely N-dealkylation sites (N-methyl/N-ethyl adjacent to an activating group) is 1. The highest BCUT2D eigenvalue weighted by molar-refractivity contribution is 5.99. The van der Waals surface area contributed by atoms with E-state index in [2.05, 4.69) is 21.3 Å². The number of Topliss-reactive ketones (excluding diaryl/α,β-unsaturated/α-hetero) is 1. The molecule has 4 heteroatoms. The van der Waals surface area contributed by atoms with E-state index in [1.807, 2.05) is 27.0 Å². The van der Waals surface area contributed by atoms with Gasteiger partial charge in [-0.25, -0.2) is 0 Å². The van der Waals surface area contributed by atoms with Gasteiger partial charge in [-0.1, -0.05) is 6.92 Å². The van der Waals surface area contributed by atoms with E-state index >= 15 is 0 Å². The van der Waals surface area contributed by atoms with Gasteiger partial charge < -0.3 is 9.47 Å². The van der Waals surface area contributed by atoms with Gasteiger partial charge in [-0.2, -0.15) is 0 Å². The van der Waals surface area contributed by atoms with Crippen molar-refractivity contribution in [2.45, 2.75) is 20.8 Å². The molecule has 0 saturated carbocycles. The molecule has 106 valence electrons. The topological polar surface area (TPSA) is 28.5 Å². The summed E-state index contributed by atoms with van der Waals surface area (Å²) in [5.74, 6) is 0.256. The second-order valence-electron chi connectivity index (χ2n) is 5.48. The van der Waals surface area contributed by atoms with E-state index in [0.717, 1.165) is 49.7 Å². The first-order valence-corrected chi connectivity index (χ1v) is 7.13. The number of carbonyl (C=O) groups excluding carboxylic acids is 1. The third kappa shape index (κ3) is 3.07. The van der Waals surface area contributed by atoms with Gasteiger partial charge >= 0.3 is 0 Å². The highest BCUT2D eigenvalue weighted by Crippen LogP contribution is 2.14. The molecule has 1 saturated heterocycles. The lowest BCUT2D eigenvalue weighted by atomic mass is 10.1. The van der Waals surface area contributed by atoms with Crippen molar-refractivity contribution in [2.24, 2.45) is 7.05 Å². The van der Waals surface area contributed by atoms with E-state index in [1.165, 1.54) is 0 Å². The second-order valence-corrected chi connectivity index (χ2v) is 5.48. The second kappa shape index (κ2) is 5.88. The molecular formula is C15H25N3O. The van der Waals surface area contributed by atoms with Gasteiger partial charge in [0.05, 0.1) is 6.54 Å². The lowest BCUT2D eigenvalue weighted by molar-refractivity contribution is 0.0858. The first-order valence-electron chi connectivity index (χ1n) is 7.13. The number of carbonyl (C=O) groups is 1. The summed E-state index contributed by atoms with van der Waals surface area (Å²) >= 11 is 0. The number of rotatable bonds is 4. The van der Waals surface area contributed by atoms with Crippen molar-refractivity contribution in [3.05, 3.63) is 23.0 Å². The Bertz CT molecular complexity index is 456. The minimum Gasteiger partial charge on any atom is -0.351 e. The van der Waals surface area contributed by atoms with Crippen LogP contribution in [0.1, 0.15) is 28.7 Å². The van der Waals surface area contributed by atoms with Gasteiger partial charge in [-0.3, -0.25) is 9.69 Å². The molecule has 0 radical (unpaired) electrons. The van der Waals surface area contributed by atoms with Crippen LogP contribution in [0.5, 0.6) is 0 Å². The van der Waals surface area contributed by atoms with Crippen molar-refractivity contribution in [3.8, 4) is 0 Å². The quantitative estimate of drug-likeness (QED) is 0.770. The molecule has 2 rings (SSSR count). The Morgan fingerprint density at radius 3 is 2.21 bits per heavy atom. The summed E-state index contributed by atoms with van der Waals surface area (Å²) in [6.07, 6.45) is 0. The monoisotopic (exact) mass is 263 g/mol. The summed E-state index contributed by atoms with van der Waals surface area (Å²) in [4.78, 5) is 17.1. The fourth-order valence-corrected chi connectivity index (χ4v) is 2.69. The molecule has 2 heterocycles. The van der Waals surface area contributed by atoms with Crippen LogP contribution in [-0.2, 0) is 7.05 Å². The molecule has 0 unspecified atom stereocenters. The van der Waals surface area contributed by atoms with Crippen molar-refractivity contribution < 1.29 is 4.79 Å². The molecule has 0 aromatic carbocycles. The zero-order valence-electron chi connectivity index (χ0n) is 12.6. The van der Waals surface area contributed by atoms with Crippen LogP contribution < -0.4 is 0 Å². The Morgan fingerprint density at radius 1 is 1.16 bits per heavy atom. The van der Waals surface area contributed by atoms with E-state index < -0.39 is 0 Å². The summed E-state index contributed by atoms with van der Waals surface area (Å²) in [5.41, 5.74) is 3.12. The van der Waals surface area contributed by atoms with Crippen LogP contribution >= 0.6 is 0 Å². The number of aromatic nitrogens is 1. The maximum Gasteiger partial charge on any atom is 0.178 e. The van der Waals surface area contributed by atoms with E-state index in [-0.39, 0.29) is 5.78 Å². The number of hydrogen-bond donors (Lipinski definition) is 0. The Labute approximate surface area is 116 Å². The fraction of sp³-hybridized carbons (Fsp3) is 0.667. The van der Waals surface area contributed by atoms with Gasteiger partial charge in [0, 0.05) is 50.2 Å². The van der Waals surface area contributed by atoms with E-state index in [4.69, 9.17) is 0 Å². The molecule has 0 aliphatic carbocycles. The zero-order valence-corrected chi connectivity index (χ0v) is 12.6. The first-order chi connectivity index (χ1) is 9.02. The zero-order chi connectivity index (χ0) is 14.0. The molecule has 1 aliphatic heterocycles. The highest BCUT2D eigenvalue weighted by atomic mass is 16.1. The lowest BCUT2D eigenvalue weighted by Gasteiger charge is -2.33. The highest BCUT2D eigenvalue weighted by Gasteiger charge is 2.20. The fourth-order valence-electron chi connectivity index (χ4n) is 2.69. The van der Waals surface area contributed by atoms with Gasteiger partial charge in [-0.05, 0) is 26.5 Å². The molecule has 0 amide bonds. The Morgan fingerprint density at radius 2 is 1.74 bits per heavy atom. The van der Waals surface area contributed by atoms with Crippen LogP contribution in [0.4, 0.5) is 0 Å². The minimum absolute atomic E-state index is 0.256. The van der Waals surface area contributed by atoms with Crippen molar-refractivity contribution in [1.29, 1.82) is 0 Å². The van der Waals surface area contributed by atoms with Crippen molar-refractivity contribution in [3.63, 3.8) is 0 Å². The molecule has 4 nitrogen and oxygen atoms in total. The summed E-state index contributed by atoms with van der Waals surface area (Å²) < 4.78 is 2.09. The number of piperazine rings is 1. The van der Waals surface area contributed by atoms with Gasteiger partial charge in [0.25, 0.3) is 0 Å². The molecule has 1 aromatic rings. The SMILES string of the molecule is CCN1CCN(CC(=O)c2cc(C)n(C)c2C)CC1. The van der Waals surface area contributed by atoms with Crippen LogP contribution in [0.25, 0.3) is 0 Å². The van der Waals surface area contributed by atoms with E-state index in [0.29, 0.717) is 6.54 Å². The smallest absolute Gasteiger partial charge is 0.178 e. The summed E-state index contributed by atoms with van der Waals surface area (Å²) in [6, 6.07) is 2.01. The number of nitrogens with zero attached hydrogens (tertiary/aromatic N) is 3. The Balaban J connectivity index is 1.96. The third-order valence-electron chi connectivity index (χ3n) is 4.35. The van der Waals surface area contributed by atoms with E-state index in [1.54, 1.807) is 0 Å². The summed E-state index contributed by atoms with van der Waals surface area (Å²) in [5, 5.41) is 0. The molecule has 0 N–H and O–H groups in total. The van der Waals surface area contributed by atoms with Crippen LogP contribution in [0.3, 0.4) is 0 Å². The molecule has 1 aliphatic rings. The predicted molar refractivity (Wildman–Crippen MR) is 77.8 cm³/mol. The molecule has 0 bridgehead atoms. The average Bonchev–Trinajstić information content (AvgIpc) is 2.67. The molecule has 1 fully saturated rings. The van der Waals surface area contributed by atoms with Crippen LogP contribution in [0.15, 0.2) is 6.07 Å². The van der Waals surface area contributed by atoms with Gasteiger partial charge in [0.15, 0.2) is 5.78 Å². The number of aryl methyl sites for hydroxylation is 1. The summed E-state index contributed by atoms with van der Waals surface area (Å²) in [7, 11) is 2.02. The predicted octanol–water partition coefficient (Wildman–Crippen LogP) is 1.46. The van der Waals surface area contributed by atoms with Crippen molar-refractivity contribution >= 4 is 5.78 Å². The summed E-state index contributed by atoms with van der Waals surface area (Å²) in [6.45, 7) is 12.1. The average molecular weight is 263 g/mol. The van der Waals surface area contributed by atoms with Crippen molar-refractivity contribution in [1.82, 2.24) is 14.4 Å². The molecule has 19 heavy (non-hydrogen) atoms. The number of hydrogen-bond acceptors (Lipinski definition) is 3. The largest absolute Gasteiger partial charge is 0.351 e.